The topological polar surface area (TPSA) is 67.1 Å². The first-order valence-corrected chi connectivity index (χ1v) is 6.97. The molecule has 1 fully saturated rings. The van der Waals surface area contributed by atoms with E-state index in [-0.39, 0.29) is 12.1 Å². The fourth-order valence-corrected chi connectivity index (χ4v) is 2.58. The lowest BCUT2D eigenvalue weighted by Crippen LogP contribution is -2.47. The molecule has 1 aliphatic carbocycles. The summed E-state index contributed by atoms with van der Waals surface area (Å²) in [6.07, 6.45) is 6.85. The van der Waals surface area contributed by atoms with E-state index >= 15 is 0 Å². The second-order valence-electron chi connectivity index (χ2n) is 5.08. The second-order valence-corrected chi connectivity index (χ2v) is 5.08. The Labute approximate surface area is 105 Å². The minimum absolute atomic E-state index is 0.0571. The maximum Gasteiger partial charge on any atom is 0.315 e. The summed E-state index contributed by atoms with van der Waals surface area (Å²) in [6.45, 7) is 4.87. The third kappa shape index (κ3) is 4.94. The molecule has 1 unspecified atom stereocenters. The van der Waals surface area contributed by atoms with Crippen molar-refractivity contribution < 1.29 is 4.79 Å². The Hall–Kier alpha value is -0.770. The van der Waals surface area contributed by atoms with Crippen LogP contribution in [-0.4, -0.2) is 24.7 Å². The number of carbonyl (C=O) groups excluding carboxylic acids is 1. The van der Waals surface area contributed by atoms with Gasteiger partial charge in [0, 0.05) is 18.6 Å². The predicted octanol–water partition coefficient (Wildman–Crippen LogP) is 1.99. The molecule has 0 aromatic heterocycles. The summed E-state index contributed by atoms with van der Waals surface area (Å²) >= 11 is 0. The maximum atomic E-state index is 11.6. The van der Waals surface area contributed by atoms with Crippen LogP contribution in [-0.2, 0) is 0 Å². The van der Waals surface area contributed by atoms with Gasteiger partial charge in [-0.3, -0.25) is 0 Å². The molecule has 0 heterocycles. The van der Waals surface area contributed by atoms with Gasteiger partial charge in [-0.1, -0.05) is 39.5 Å². The molecule has 4 heteroatoms. The summed E-state index contributed by atoms with van der Waals surface area (Å²) in [6, 6.07) is 0.386. The number of amides is 2. The van der Waals surface area contributed by atoms with E-state index in [1.165, 1.54) is 12.8 Å². The van der Waals surface area contributed by atoms with Gasteiger partial charge in [0.15, 0.2) is 0 Å². The van der Waals surface area contributed by atoms with Crippen LogP contribution in [0.15, 0.2) is 0 Å². The lowest BCUT2D eigenvalue weighted by atomic mass is 9.95. The fraction of sp³-hybridized carbons (Fsp3) is 0.923. The Bertz CT molecular complexity index is 223. The zero-order chi connectivity index (χ0) is 12.7. The van der Waals surface area contributed by atoms with Crippen LogP contribution in [0.5, 0.6) is 0 Å². The predicted molar refractivity (Wildman–Crippen MR) is 70.8 cm³/mol. The summed E-state index contributed by atoms with van der Waals surface area (Å²) in [4.78, 5) is 11.6. The molecule has 0 aromatic rings. The van der Waals surface area contributed by atoms with E-state index in [4.69, 9.17) is 5.73 Å². The Morgan fingerprint density at radius 3 is 2.41 bits per heavy atom. The van der Waals surface area contributed by atoms with Gasteiger partial charge in [0.1, 0.15) is 0 Å². The highest BCUT2D eigenvalue weighted by Crippen LogP contribution is 2.17. The zero-order valence-electron chi connectivity index (χ0n) is 11.2. The molecule has 0 aromatic carbocycles. The largest absolute Gasteiger partial charge is 0.337 e. The normalized spacial score (nSPS) is 18.4. The van der Waals surface area contributed by atoms with Gasteiger partial charge < -0.3 is 16.4 Å². The average Bonchev–Trinajstić information content (AvgIpc) is 2.81. The summed E-state index contributed by atoms with van der Waals surface area (Å²) in [5, 5.41) is 5.89. The molecule has 1 rings (SSSR count). The van der Waals surface area contributed by atoms with E-state index in [0.717, 1.165) is 25.7 Å². The second kappa shape index (κ2) is 7.54. The van der Waals surface area contributed by atoms with Gasteiger partial charge in [0.2, 0.25) is 0 Å². The Morgan fingerprint density at radius 2 is 1.88 bits per heavy atom. The number of carbonyl (C=O) groups is 1. The molecule has 0 saturated heterocycles. The molecule has 0 radical (unpaired) electrons. The number of nitrogens with two attached hydrogens (primary N) is 1. The molecule has 1 atom stereocenters. The SMILES string of the molecule is CCC(CC)C(N)CNC(=O)NC1CCCC1. The van der Waals surface area contributed by atoms with Crippen molar-refractivity contribution in [3.63, 3.8) is 0 Å². The molecule has 17 heavy (non-hydrogen) atoms. The molecule has 0 bridgehead atoms. The number of rotatable bonds is 6. The molecule has 100 valence electrons. The van der Waals surface area contributed by atoms with Crippen molar-refractivity contribution in [1.82, 2.24) is 10.6 Å². The van der Waals surface area contributed by atoms with Crippen LogP contribution in [0.25, 0.3) is 0 Å². The maximum absolute atomic E-state index is 11.6. The molecular formula is C13H27N3O. The highest BCUT2D eigenvalue weighted by Gasteiger charge is 2.18. The van der Waals surface area contributed by atoms with Crippen molar-refractivity contribution in [1.29, 1.82) is 0 Å². The van der Waals surface area contributed by atoms with Crippen LogP contribution in [0.1, 0.15) is 52.4 Å². The van der Waals surface area contributed by atoms with Crippen molar-refractivity contribution >= 4 is 6.03 Å². The molecule has 4 nitrogen and oxygen atoms in total. The Balaban J connectivity index is 2.17. The molecular weight excluding hydrogens is 214 g/mol. The molecule has 1 saturated carbocycles. The van der Waals surface area contributed by atoms with Crippen LogP contribution in [0, 0.1) is 5.92 Å². The lowest BCUT2D eigenvalue weighted by Gasteiger charge is -2.22. The van der Waals surface area contributed by atoms with Gasteiger partial charge in [0.05, 0.1) is 0 Å². The van der Waals surface area contributed by atoms with Crippen molar-refractivity contribution in [2.75, 3.05) is 6.54 Å². The lowest BCUT2D eigenvalue weighted by molar-refractivity contribution is 0.234. The fourth-order valence-electron chi connectivity index (χ4n) is 2.58. The van der Waals surface area contributed by atoms with Crippen LogP contribution in [0.2, 0.25) is 0 Å². The molecule has 0 aliphatic heterocycles. The van der Waals surface area contributed by atoms with E-state index in [1.54, 1.807) is 0 Å². The number of hydrogen-bond acceptors (Lipinski definition) is 2. The third-order valence-electron chi connectivity index (χ3n) is 3.84. The van der Waals surface area contributed by atoms with Crippen LogP contribution in [0.3, 0.4) is 0 Å². The first kappa shape index (κ1) is 14.3. The smallest absolute Gasteiger partial charge is 0.315 e. The van der Waals surface area contributed by atoms with Gasteiger partial charge in [-0.15, -0.1) is 0 Å². The first-order valence-electron chi connectivity index (χ1n) is 6.97. The zero-order valence-corrected chi connectivity index (χ0v) is 11.2. The van der Waals surface area contributed by atoms with Crippen molar-refractivity contribution in [3.05, 3.63) is 0 Å². The van der Waals surface area contributed by atoms with Crippen molar-refractivity contribution in [2.45, 2.75) is 64.5 Å². The van der Waals surface area contributed by atoms with E-state index in [2.05, 4.69) is 24.5 Å². The first-order chi connectivity index (χ1) is 8.17. The van der Waals surface area contributed by atoms with Gasteiger partial charge >= 0.3 is 6.03 Å². The minimum atomic E-state index is -0.0571. The summed E-state index contributed by atoms with van der Waals surface area (Å²) in [5.74, 6) is 0.502. The molecule has 1 aliphatic rings. The number of hydrogen-bond donors (Lipinski definition) is 3. The van der Waals surface area contributed by atoms with E-state index in [9.17, 15) is 4.79 Å². The summed E-state index contributed by atoms with van der Waals surface area (Å²) in [5.41, 5.74) is 6.05. The van der Waals surface area contributed by atoms with Crippen LogP contribution < -0.4 is 16.4 Å². The Kier molecular flexibility index (Phi) is 6.34. The van der Waals surface area contributed by atoms with Gasteiger partial charge in [-0.05, 0) is 18.8 Å². The van der Waals surface area contributed by atoms with E-state index < -0.39 is 0 Å². The van der Waals surface area contributed by atoms with Crippen molar-refractivity contribution in [2.24, 2.45) is 11.7 Å². The van der Waals surface area contributed by atoms with Crippen LogP contribution >= 0.6 is 0 Å². The average molecular weight is 241 g/mol. The molecule has 2 amide bonds. The summed E-state index contributed by atoms with van der Waals surface area (Å²) < 4.78 is 0. The molecule has 4 N–H and O–H groups in total. The third-order valence-corrected chi connectivity index (χ3v) is 3.84. The highest BCUT2D eigenvalue weighted by atomic mass is 16.2. The number of urea groups is 1. The highest BCUT2D eigenvalue weighted by molar-refractivity contribution is 5.74. The van der Waals surface area contributed by atoms with E-state index in [1.807, 2.05) is 0 Å². The summed E-state index contributed by atoms with van der Waals surface area (Å²) in [7, 11) is 0. The van der Waals surface area contributed by atoms with E-state index in [0.29, 0.717) is 18.5 Å². The standard InChI is InChI=1S/C13H27N3O/c1-3-10(4-2)12(14)9-15-13(17)16-11-7-5-6-8-11/h10-12H,3-9,14H2,1-2H3,(H2,15,16,17). The molecule has 0 spiro atoms. The Morgan fingerprint density at radius 1 is 1.29 bits per heavy atom. The van der Waals surface area contributed by atoms with Gasteiger partial charge in [-0.25, -0.2) is 4.79 Å². The monoisotopic (exact) mass is 241 g/mol. The van der Waals surface area contributed by atoms with Crippen molar-refractivity contribution in [3.8, 4) is 0 Å². The number of nitrogens with one attached hydrogen (secondary N) is 2. The quantitative estimate of drug-likeness (QED) is 0.666. The van der Waals surface area contributed by atoms with Crippen LogP contribution in [0.4, 0.5) is 4.79 Å². The minimum Gasteiger partial charge on any atom is -0.337 e. The van der Waals surface area contributed by atoms with Gasteiger partial charge in [0.25, 0.3) is 0 Å². The van der Waals surface area contributed by atoms with Gasteiger partial charge in [-0.2, -0.15) is 0 Å².